The molecule has 0 saturated heterocycles. The molecule has 1 aromatic heterocycles. The molecule has 1 unspecified atom stereocenters. The van der Waals surface area contributed by atoms with E-state index in [2.05, 4.69) is 30.3 Å². The van der Waals surface area contributed by atoms with E-state index in [1.54, 1.807) is 17.6 Å². The quantitative estimate of drug-likeness (QED) is 0.264. The van der Waals surface area contributed by atoms with Crippen molar-refractivity contribution in [1.29, 1.82) is 0 Å². The molecule has 0 amide bonds. The zero-order chi connectivity index (χ0) is 45.3. The van der Waals surface area contributed by atoms with Crippen molar-refractivity contribution in [1.82, 2.24) is 9.55 Å². The third-order valence-corrected chi connectivity index (χ3v) is 12.7. The average Bonchev–Trinajstić information content (AvgIpc) is 3.84. The van der Waals surface area contributed by atoms with Crippen molar-refractivity contribution in [3.63, 3.8) is 0 Å². The predicted molar refractivity (Wildman–Crippen MR) is 278 cm³/mol. The molecule has 271 valence electrons. The van der Waals surface area contributed by atoms with Crippen LogP contribution in [0.15, 0.2) is 126 Å². The Morgan fingerprint density at radius 1 is 0.547 bits per heavy atom. The third-order valence-electron chi connectivity index (χ3n) is 12.7. The van der Waals surface area contributed by atoms with E-state index in [1.807, 2.05) is 78.9 Å². The first-order chi connectivity index (χ1) is 30.5. The summed E-state index contributed by atoms with van der Waals surface area (Å²) in [7, 11) is 80.4. The topological polar surface area (TPSA) is 38.0 Å². The molecule has 8 aromatic carbocycles. The summed E-state index contributed by atoms with van der Waals surface area (Å²) in [5.74, 6) is -0.0959. The van der Waals surface area contributed by atoms with Gasteiger partial charge in [0, 0.05) is 0 Å². The van der Waals surface area contributed by atoms with E-state index >= 15 is 0 Å². The molecule has 3 nitrogen and oxygen atoms in total. The molecule has 1 aliphatic carbocycles. The SMILES string of the molecule is [B]/C(C)=C([B])/C([B])=c1/c(-c2ccc(-n3c(C([B])(O)C([B])([B])[B])nc4ccccc43)c3ccccc23)c2c([B])c([B])c([B])c([B])c2c(-c2ccc3c4c(cccc24)-c2ccccc2-3)c1=[B]. The van der Waals surface area contributed by atoms with Gasteiger partial charge in [-0.2, -0.15) is 0 Å². The number of imidazole rings is 1. The molecule has 0 bridgehead atoms. The molecule has 1 atom stereocenters. The van der Waals surface area contributed by atoms with Crippen molar-refractivity contribution in [3.8, 4) is 50.2 Å². The van der Waals surface area contributed by atoms with Crippen molar-refractivity contribution in [2.45, 2.75) is 17.5 Å². The van der Waals surface area contributed by atoms with Gasteiger partial charge in [-0.15, -0.1) is 0 Å². The molecule has 23 radical (unpaired) electrons. The van der Waals surface area contributed by atoms with E-state index in [0.29, 0.717) is 60.2 Å². The minimum atomic E-state index is -2.51. The monoisotopic (exact) mass is 787 g/mol. The number of aliphatic hydroxyl groups is 1. The van der Waals surface area contributed by atoms with E-state index in [9.17, 15) is 5.11 Å². The Bertz CT molecular complexity index is 3670. The summed E-state index contributed by atoms with van der Waals surface area (Å²) in [4.78, 5) is 4.69. The molecule has 0 aliphatic heterocycles. The Balaban J connectivity index is 1.39. The Hall–Kier alpha value is -5.64. The van der Waals surface area contributed by atoms with E-state index in [0.717, 1.165) is 38.6 Å². The van der Waals surface area contributed by atoms with Gasteiger partial charge in [-0.3, -0.25) is 0 Å². The average molecular weight is 785 g/mol. The number of aromatic nitrogens is 2. The Kier molecular flexibility index (Phi) is 9.89. The van der Waals surface area contributed by atoms with Gasteiger partial charge in [-0.1, -0.05) is 0 Å². The molecular formula is C49H23B12N2O. The van der Waals surface area contributed by atoms with Crippen LogP contribution >= 0.6 is 0 Å². The van der Waals surface area contributed by atoms with Crippen molar-refractivity contribution < 1.29 is 5.11 Å². The number of rotatable bonds is 6. The summed E-state index contributed by atoms with van der Waals surface area (Å²) in [6, 6.07) is 37.1. The van der Waals surface area contributed by atoms with E-state index in [4.69, 9.17) is 98.8 Å². The fraction of sp³-hybridized carbons (Fsp3) is 0.0612. The first-order valence-corrected chi connectivity index (χ1v) is 20.4. The summed E-state index contributed by atoms with van der Waals surface area (Å²) < 4.78 is 1.68. The molecule has 0 fully saturated rings. The zero-order valence-electron chi connectivity index (χ0n) is 34.7. The first-order valence-electron chi connectivity index (χ1n) is 20.4. The predicted octanol–water partition coefficient (Wildman–Crippen LogP) is 2.80. The second kappa shape index (κ2) is 15.0. The van der Waals surface area contributed by atoms with E-state index in [1.165, 1.54) is 0 Å². The van der Waals surface area contributed by atoms with E-state index in [-0.39, 0.29) is 49.2 Å². The maximum atomic E-state index is 11.7. The fourth-order valence-electron chi connectivity index (χ4n) is 9.49. The second-order valence-corrected chi connectivity index (χ2v) is 16.5. The fourth-order valence-corrected chi connectivity index (χ4v) is 9.49. The Labute approximate surface area is 387 Å². The number of para-hydroxylation sites is 2. The summed E-state index contributed by atoms with van der Waals surface area (Å²) >= 11 is 0. The number of allylic oxidation sites excluding steroid dienone is 2. The van der Waals surface area contributed by atoms with Crippen LogP contribution in [0.3, 0.4) is 0 Å². The van der Waals surface area contributed by atoms with Crippen LogP contribution in [-0.2, 0) is 5.50 Å². The number of hydrogen-bond donors (Lipinski definition) is 1. The molecule has 1 N–H and O–H groups in total. The van der Waals surface area contributed by atoms with Gasteiger partial charge < -0.3 is 0 Å². The molecular weight excluding hydrogens is 762 g/mol. The van der Waals surface area contributed by atoms with Crippen molar-refractivity contribution in [2.24, 2.45) is 0 Å². The number of hydrogen-bond acceptors (Lipinski definition) is 2. The molecule has 10 rings (SSSR count). The van der Waals surface area contributed by atoms with Gasteiger partial charge in [0.25, 0.3) is 0 Å². The van der Waals surface area contributed by atoms with Crippen LogP contribution in [-0.4, -0.2) is 108 Å². The van der Waals surface area contributed by atoms with Crippen LogP contribution in [0.5, 0.6) is 0 Å². The van der Waals surface area contributed by atoms with Crippen LogP contribution in [0.25, 0.3) is 99.0 Å². The van der Waals surface area contributed by atoms with Crippen LogP contribution < -0.4 is 27.1 Å². The Morgan fingerprint density at radius 2 is 1.06 bits per heavy atom. The van der Waals surface area contributed by atoms with Crippen LogP contribution in [0.4, 0.5) is 0 Å². The standard InChI is InChI=1S/C49H23B12N2O/c1-21(50)40(51)44(55)39-35(29-19-20-32(25-12-5-4-11-24(25)29)63-33-16-7-6-15-31(33)62-47(63)48(58,64)49(59,60)61)37-38(43(54)46(57)45(56)42(37)53)36(41(39)52)30-18-17-28-23-10-3-2-9-22(23)26-13-8-14-27(30)34(26)28/h2-20,64H,1H3/b40-21-,44-39+. The second-order valence-electron chi connectivity index (χ2n) is 16.5. The molecule has 1 heterocycles. The van der Waals surface area contributed by atoms with Crippen molar-refractivity contribution in [2.75, 3.05) is 0 Å². The molecule has 1 aliphatic rings. The zero-order valence-corrected chi connectivity index (χ0v) is 34.7. The van der Waals surface area contributed by atoms with Crippen molar-refractivity contribution >= 4 is 164 Å². The van der Waals surface area contributed by atoms with Gasteiger partial charge in [-0.25, -0.2) is 0 Å². The van der Waals surface area contributed by atoms with Crippen LogP contribution in [0.2, 0.25) is 5.11 Å². The molecule has 0 saturated carbocycles. The Morgan fingerprint density at radius 3 is 1.72 bits per heavy atom. The number of nitrogens with zero attached hydrogens (tertiary/aromatic N) is 2. The van der Waals surface area contributed by atoms with Crippen molar-refractivity contribution in [3.05, 3.63) is 142 Å². The first kappa shape index (κ1) is 42.3. The number of fused-ring (bicyclic) bond motifs is 6. The van der Waals surface area contributed by atoms with Gasteiger partial charge in [0.2, 0.25) is 0 Å². The third kappa shape index (κ3) is 5.95. The summed E-state index contributed by atoms with van der Waals surface area (Å²) in [6.45, 7) is 1.65. The van der Waals surface area contributed by atoms with Gasteiger partial charge in [0.05, 0.1) is 0 Å². The van der Waals surface area contributed by atoms with Gasteiger partial charge in [-0.05, 0) is 0 Å². The van der Waals surface area contributed by atoms with Gasteiger partial charge >= 0.3 is 389 Å². The summed E-state index contributed by atoms with van der Waals surface area (Å²) in [5.41, 5.74) is 6.85. The molecule has 64 heavy (non-hydrogen) atoms. The number of benzene rings is 8. The van der Waals surface area contributed by atoms with Crippen LogP contribution in [0.1, 0.15) is 12.7 Å². The summed E-state index contributed by atoms with van der Waals surface area (Å²) in [5, 5.41) is 14.2. The van der Waals surface area contributed by atoms with Gasteiger partial charge in [0.1, 0.15) is 0 Å². The molecule has 9 aromatic rings. The maximum absolute atomic E-state index is 11.7. The molecule has 0 spiro atoms. The minimum absolute atomic E-state index is 0.0763. The van der Waals surface area contributed by atoms with Crippen LogP contribution in [0, 0.1) is 5.11 Å². The summed E-state index contributed by atoms with van der Waals surface area (Å²) in [6.07, 6.45) is 0. The van der Waals surface area contributed by atoms with E-state index < -0.39 is 10.6 Å². The normalized spacial score (nSPS) is 14.2. The van der Waals surface area contributed by atoms with Gasteiger partial charge in [0.15, 0.2) is 0 Å². The molecule has 15 heteroatoms.